The summed E-state index contributed by atoms with van der Waals surface area (Å²) in [6, 6.07) is 7.92. The zero-order valence-corrected chi connectivity index (χ0v) is 13.6. The van der Waals surface area contributed by atoms with Crippen LogP contribution >= 0.6 is 11.6 Å². The smallest absolute Gasteiger partial charge is 0.270 e. The summed E-state index contributed by atoms with van der Waals surface area (Å²) in [6.07, 6.45) is 1.34. The first kappa shape index (κ1) is 16.4. The normalized spacial score (nSPS) is 16.6. The maximum Gasteiger partial charge on any atom is 0.270 e. The molecular weight excluding hydrogens is 335 g/mol. The lowest BCUT2D eigenvalue weighted by molar-refractivity contribution is -0.384. The Labute approximate surface area is 142 Å². The molecule has 1 aliphatic heterocycles. The largest absolute Gasteiger partial charge is 0.305 e. The quantitative estimate of drug-likeness (QED) is 0.598. The number of hydrogen-bond acceptors (Lipinski definition) is 3. The van der Waals surface area contributed by atoms with Gasteiger partial charge in [0.25, 0.3) is 11.6 Å². The Kier molecular flexibility index (Phi) is 4.24. The minimum atomic E-state index is -0.573. The Bertz CT molecular complexity index is 841. The minimum Gasteiger partial charge on any atom is -0.305 e. The molecule has 2 aromatic rings. The molecule has 1 aliphatic rings. The molecule has 2 aromatic carbocycles. The topological polar surface area (TPSA) is 63.5 Å². The van der Waals surface area contributed by atoms with Gasteiger partial charge in [0, 0.05) is 23.9 Å². The van der Waals surface area contributed by atoms with Gasteiger partial charge in [-0.05, 0) is 49.6 Å². The number of amides is 1. The van der Waals surface area contributed by atoms with E-state index >= 15 is 0 Å². The molecule has 7 heteroatoms. The van der Waals surface area contributed by atoms with Crippen molar-refractivity contribution in [2.24, 2.45) is 0 Å². The van der Waals surface area contributed by atoms with Crippen molar-refractivity contribution < 1.29 is 14.1 Å². The minimum absolute atomic E-state index is 0.0647. The van der Waals surface area contributed by atoms with E-state index in [0.29, 0.717) is 18.5 Å². The van der Waals surface area contributed by atoms with Gasteiger partial charge in [0.05, 0.1) is 15.5 Å². The van der Waals surface area contributed by atoms with E-state index < -0.39 is 10.8 Å². The van der Waals surface area contributed by atoms with Gasteiger partial charge in [0.2, 0.25) is 0 Å². The van der Waals surface area contributed by atoms with Crippen LogP contribution in [-0.4, -0.2) is 16.9 Å². The Morgan fingerprint density at radius 1 is 1.33 bits per heavy atom. The molecule has 0 saturated carbocycles. The van der Waals surface area contributed by atoms with Gasteiger partial charge in [0.1, 0.15) is 5.82 Å². The molecule has 124 valence electrons. The Balaban J connectivity index is 2.07. The van der Waals surface area contributed by atoms with Crippen LogP contribution < -0.4 is 4.90 Å². The molecule has 3 rings (SSSR count). The molecule has 0 aliphatic carbocycles. The van der Waals surface area contributed by atoms with Crippen LogP contribution in [-0.2, 0) is 6.42 Å². The fourth-order valence-corrected chi connectivity index (χ4v) is 3.15. The van der Waals surface area contributed by atoms with Crippen molar-refractivity contribution in [3.8, 4) is 0 Å². The van der Waals surface area contributed by atoms with Crippen molar-refractivity contribution in [1.82, 2.24) is 0 Å². The Morgan fingerprint density at radius 2 is 2.08 bits per heavy atom. The number of non-ortho nitro benzene ring substituents is 1. The lowest BCUT2D eigenvalue weighted by Gasteiger charge is -2.35. The lowest BCUT2D eigenvalue weighted by Crippen LogP contribution is -2.42. The van der Waals surface area contributed by atoms with Crippen LogP contribution in [0.15, 0.2) is 36.4 Å². The average molecular weight is 349 g/mol. The molecule has 0 spiro atoms. The molecular formula is C17H14ClFN2O3. The van der Waals surface area contributed by atoms with Crippen LogP contribution in [0.3, 0.4) is 0 Å². The lowest BCUT2D eigenvalue weighted by atomic mass is 9.95. The van der Waals surface area contributed by atoms with E-state index in [-0.39, 0.29) is 28.1 Å². The number of carbonyl (C=O) groups is 1. The van der Waals surface area contributed by atoms with Crippen LogP contribution in [0.1, 0.15) is 29.3 Å². The second-order valence-electron chi connectivity index (χ2n) is 5.76. The molecule has 1 atom stereocenters. The van der Waals surface area contributed by atoms with Crippen molar-refractivity contribution in [2.45, 2.75) is 25.8 Å². The summed E-state index contributed by atoms with van der Waals surface area (Å²) >= 11 is 6.08. The number of benzene rings is 2. The molecule has 1 amide bonds. The highest BCUT2D eigenvalue weighted by Gasteiger charge is 2.31. The number of halogens is 2. The Morgan fingerprint density at radius 3 is 2.79 bits per heavy atom. The molecule has 0 N–H and O–H groups in total. The summed E-state index contributed by atoms with van der Waals surface area (Å²) in [6.45, 7) is 1.88. The summed E-state index contributed by atoms with van der Waals surface area (Å²) in [5.41, 5.74) is 1.22. The third-order valence-electron chi connectivity index (χ3n) is 4.18. The van der Waals surface area contributed by atoms with Gasteiger partial charge in [-0.25, -0.2) is 4.39 Å². The van der Waals surface area contributed by atoms with E-state index in [1.54, 1.807) is 6.07 Å². The van der Waals surface area contributed by atoms with Gasteiger partial charge < -0.3 is 4.90 Å². The van der Waals surface area contributed by atoms with Crippen molar-refractivity contribution in [1.29, 1.82) is 0 Å². The van der Waals surface area contributed by atoms with Gasteiger partial charge in [-0.15, -0.1) is 0 Å². The third-order valence-corrected chi connectivity index (χ3v) is 4.51. The van der Waals surface area contributed by atoms with E-state index in [2.05, 4.69) is 0 Å². The van der Waals surface area contributed by atoms with E-state index in [4.69, 9.17) is 11.6 Å². The Hall–Kier alpha value is -2.47. The maximum atomic E-state index is 13.4. The van der Waals surface area contributed by atoms with E-state index in [1.165, 1.54) is 35.2 Å². The van der Waals surface area contributed by atoms with E-state index in [9.17, 15) is 19.3 Å². The number of nitrogens with zero attached hydrogens (tertiary/aromatic N) is 2. The molecule has 0 fully saturated rings. The zero-order chi connectivity index (χ0) is 17.4. The average Bonchev–Trinajstić information content (AvgIpc) is 2.54. The van der Waals surface area contributed by atoms with Crippen LogP contribution in [0, 0.1) is 15.9 Å². The van der Waals surface area contributed by atoms with Gasteiger partial charge in [-0.2, -0.15) is 0 Å². The van der Waals surface area contributed by atoms with Crippen LogP contribution in [0.2, 0.25) is 5.02 Å². The van der Waals surface area contributed by atoms with Gasteiger partial charge in [-0.3, -0.25) is 14.9 Å². The zero-order valence-electron chi connectivity index (χ0n) is 12.8. The van der Waals surface area contributed by atoms with Gasteiger partial charge in [0.15, 0.2) is 0 Å². The highest BCUT2D eigenvalue weighted by atomic mass is 35.5. The second kappa shape index (κ2) is 6.20. The standard InChI is InChI=1S/C17H14ClFN2O3/c1-10-2-3-11-8-12(19)4-7-16(11)20(10)17(22)14-9-13(21(23)24)5-6-15(14)18/h4-10H,2-3H2,1H3. The number of rotatable bonds is 2. The van der Waals surface area contributed by atoms with Crippen molar-refractivity contribution in [3.63, 3.8) is 0 Å². The SMILES string of the molecule is CC1CCc2cc(F)ccc2N1C(=O)c1cc([N+](=O)[O-])ccc1Cl. The number of aryl methyl sites for hydroxylation is 1. The van der Waals surface area contributed by atoms with Crippen molar-refractivity contribution in [3.05, 3.63) is 68.5 Å². The number of nitro benzene ring substituents is 1. The first-order valence-electron chi connectivity index (χ1n) is 7.44. The number of nitro groups is 1. The summed E-state index contributed by atoms with van der Waals surface area (Å²) in [7, 11) is 0. The van der Waals surface area contributed by atoms with E-state index in [0.717, 1.165) is 5.56 Å². The summed E-state index contributed by atoms with van der Waals surface area (Å²) < 4.78 is 13.4. The predicted octanol–water partition coefficient (Wildman–Crippen LogP) is 4.37. The second-order valence-corrected chi connectivity index (χ2v) is 6.16. The maximum absolute atomic E-state index is 13.4. The first-order chi connectivity index (χ1) is 11.4. The summed E-state index contributed by atoms with van der Waals surface area (Å²) in [4.78, 5) is 24.9. The fourth-order valence-electron chi connectivity index (χ4n) is 2.95. The van der Waals surface area contributed by atoms with Crippen molar-refractivity contribution in [2.75, 3.05) is 4.90 Å². The first-order valence-corrected chi connectivity index (χ1v) is 7.82. The molecule has 1 heterocycles. The van der Waals surface area contributed by atoms with Crippen LogP contribution in [0.25, 0.3) is 0 Å². The molecule has 0 bridgehead atoms. The predicted molar refractivity (Wildman–Crippen MR) is 89.1 cm³/mol. The highest BCUT2D eigenvalue weighted by Crippen LogP contribution is 2.34. The van der Waals surface area contributed by atoms with Crippen molar-refractivity contribution >= 4 is 28.9 Å². The molecule has 1 unspecified atom stereocenters. The van der Waals surface area contributed by atoms with E-state index in [1.807, 2.05) is 6.92 Å². The highest BCUT2D eigenvalue weighted by molar-refractivity contribution is 6.34. The summed E-state index contributed by atoms with van der Waals surface area (Å²) in [5, 5.41) is 11.1. The molecule has 0 aromatic heterocycles. The number of anilines is 1. The molecule has 0 radical (unpaired) electrons. The summed E-state index contributed by atoms with van der Waals surface area (Å²) in [5.74, 6) is -0.784. The van der Waals surface area contributed by atoms with Gasteiger partial charge in [-0.1, -0.05) is 11.6 Å². The van der Waals surface area contributed by atoms with Crippen LogP contribution in [0.4, 0.5) is 15.8 Å². The van der Waals surface area contributed by atoms with Crippen LogP contribution in [0.5, 0.6) is 0 Å². The number of fused-ring (bicyclic) bond motifs is 1. The number of carbonyl (C=O) groups excluding carboxylic acids is 1. The third kappa shape index (κ3) is 2.85. The molecule has 5 nitrogen and oxygen atoms in total. The fraction of sp³-hybridized carbons (Fsp3) is 0.235. The molecule has 0 saturated heterocycles. The van der Waals surface area contributed by atoms with Gasteiger partial charge >= 0.3 is 0 Å². The monoisotopic (exact) mass is 348 g/mol. The number of hydrogen-bond donors (Lipinski definition) is 0. The molecule has 24 heavy (non-hydrogen) atoms.